The molecule has 0 heterocycles. The minimum absolute atomic E-state index is 0.0795. The largest absolute Gasteiger partial charge is 0.480 e. The van der Waals surface area contributed by atoms with E-state index in [1.807, 2.05) is 53.8 Å². The highest BCUT2D eigenvalue weighted by Crippen LogP contribution is 2.44. The summed E-state index contributed by atoms with van der Waals surface area (Å²) in [6.07, 6.45) is -5.85. The quantitative estimate of drug-likeness (QED) is 0.539. The summed E-state index contributed by atoms with van der Waals surface area (Å²) in [5.41, 5.74) is 4.25. The topological polar surface area (TPSA) is 105 Å². The summed E-state index contributed by atoms with van der Waals surface area (Å²) in [5, 5.41) is 13.7. The van der Waals surface area contributed by atoms with Gasteiger partial charge in [-0.15, -0.1) is 0 Å². The summed E-state index contributed by atoms with van der Waals surface area (Å²) in [6.45, 7) is 0.0795. The van der Waals surface area contributed by atoms with E-state index >= 15 is 0 Å². The van der Waals surface area contributed by atoms with E-state index in [9.17, 15) is 27.6 Å². The lowest BCUT2D eigenvalue weighted by Gasteiger charge is -2.23. The first kappa shape index (κ1) is 24.6. The number of rotatable bonds is 7. The Kier molecular flexibility index (Phi) is 7.00. The lowest BCUT2D eigenvalue weighted by Crippen LogP contribution is -2.50. The molecular formula is C25H25F3N2O5. The molecule has 0 spiro atoms. The van der Waals surface area contributed by atoms with Crippen molar-refractivity contribution in [1.29, 1.82) is 0 Å². The van der Waals surface area contributed by atoms with Crippen molar-refractivity contribution in [1.82, 2.24) is 10.6 Å². The molecule has 186 valence electrons. The Morgan fingerprint density at radius 1 is 1.00 bits per heavy atom. The van der Waals surface area contributed by atoms with Crippen LogP contribution in [0.5, 0.6) is 0 Å². The number of nitrogens with one attached hydrogen (secondary N) is 2. The van der Waals surface area contributed by atoms with Gasteiger partial charge >= 0.3 is 18.2 Å². The van der Waals surface area contributed by atoms with Gasteiger partial charge in [-0.3, -0.25) is 4.79 Å². The maximum atomic E-state index is 12.7. The number of carboxylic acids is 1. The zero-order valence-electron chi connectivity index (χ0n) is 18.7. The zero-order valence-corrected chi connectivity index (χ0v) is 18.7. The number of carboxylic acid groups (broad SMARTS) is 1. The first-order valence-electron chi connectivity index (χ1n) is 11.4. The molecule has 3 N–H and O–H groups in total. The standard InChI is InChI=1S/C25H25F3N2O5/c26-25(27,28)12-21(23(32)33)29-22(31)18-10-5-11-20(18)30-24(34)35-13-19-16-8-3-1-6-14(16)15-7-2-4-9-17(15)19/h1-4,6-9,18-21H,5,10-13H2,(H,29,31)(H,30,34)(H,32,33)/t18-,20+,21?/m1/s1. The van der Waals surface area contributed by atoms with Crippen LogP contribution in [0.15, 0.2) is 48.5 Å². The van der Waals surface area contributed by atoms with Crippen molar-refractivity contribution >= 4 is 18.0 Å². The fourth-order valence-electron chi connectivity index (χ4n) is 4.95. The van der Waals surface area contributed by atoms with Crippen molar-refractivity contribution in [2.45, 2.75) is 49.9 Å². The fourth-order valence-corrected chi connectivity index (χ4v) is 4.95. The van der Waals surface area contributed by atoms with Crippen LogP contribution in [-0.4, -0.2) is 47.9 Å². The third-order valence-corrected chi connectivity index (χ3v) is 6.55. The van der Waals surface area contributed by atoms with E-state index in [-0.39, 0.29) is 12.5 Å². The van der Waals surface area contributed by atoms with Crippen LogP contribution in [0, 0.1) is 5.92 Å². The highest BCUT2D eigenvalue weighted by molar-refractivity contribution is 5.86. The van der Waals surface area contributed by atoms with Crippen LogP contribution in [0.25, 0.3) is 11.1 Å². The van der Waals surface area contributed by atoms with Gasteiger partial charge in [-0.25, -0.2) is 9.59 Å². The third-order valence-electron chi connectivity index (χ3n) is 6.55. The van der Waals surface area contributed by atoms with Gasteiger partial charge in [0.05, 0.1) is 12.3 Å². The second-order valence-corrected chi connectivity index (χ2v) is 8.83. The summed E-state index contributed by atoms with van der Waals surface area (Å²) in [5.74, 6) is -3.59. The predicted molar refractivity (Wildman–Crippen MR) is 120 cm³/mol. The van der Waals surface area contributed by atoms with E-state index in [2.05, 4.69) is 5.32 Å². The third kappa shape index (κ3) is 5.58. The molecule has 0 saturated heterocycles. The number of ether oxygens (including phenoxy) is 1. The van der Waals surface area contributed by atoms with Gasteiger partial charge in [0.25, 0.3) is 0 Å². The number of hydrogen-bond acceptors (Lipinski definition) is 4. The number of carbonyl (C=O) groups is 3. The Bertz CT molecular complexity index is 1070. The van der Waals surface area contributed by atoms with Crippen LogP contribution in [0.3, 0.4) is 0 Å². The zero-order chi connectivity index (χ0) is 25.2. The molecule has 2 aliphatic rings. The van der Waals surface area contributed by atoms with Gasteiger partial charge < -0.3 is 20.5 Å². The number of amides is 2. The highest BCUT2D eigenvalue weighted by atomic mass is 19.4. The molecule has 1 unspecified atom stereocenters. The Hall–Kier alpha value is -3.56. The Balaban J connectivity index is 1.36. The lowest BCUT2D eigenvalue weighted by molar-refractivity contribution is -0.160. The summed E-state index contributed by atoms with van der Waals surface area (Å²) in [7, 11) is 0. The number of alkyl carbamates (subject to hydrolysis) is 1. The van der Waals surface area contributed by atoms with E-state index in [1.54, 1.807) is 0 Å². The molecule has 0 bridgehead atoms. The number of benzene rings is 2. The molecule has 2 aromatic rings. The molecule has 0 aliphatic heterocycles. The van der Waals surface area contributed by atoms with Crippen LogP contribution in [0.4, 0.5) is 18.0 Å². The number of carbonyl (C=O) groups excluding carboxylic acids is 2. The molecule has 7 nitrogen and oxygen atoms in total. The van der Waals surface area contributed by atoms with Crippen molar-refractivity contribution in [2.24, 2.45) is 5.92 Å². The second-order valence-electron chi connectivity index (χ2n) is 8.83. The molecule has 35 heavy (non-hydrogen) atoms. The number of alkyl halides is 3. The number of hydrogen-bond donors (Lipinski definition) is 3. The van der Waals surface area contributed by atoms with Crippen LogP contribution >= 0.6 is 0 Å². The maximum absolute atomic E-state index is 12.7. The molecule has 2 amide bonds. The van der Waals surface area contributed by atoms with E-state index in [4.69, 9.17) is 9.84 Å². The average molecular weight is 490 g/mol. The van der Waals surface area contributed by atoms with E-state index in [0.29, 0.717) is 19.3 Å². The maximum Gasteiger partial charge on any atom is 0.407 e. The molecular weight excluding hydrogens is 465 g/mol. The summed E-state index contributed by atoms with van der Waals surface area (Å²) in [4.78, 5) is 36.3. The molecule has 1 fully saturated rings. The minimum atomic E-state index is -4.75. The van der Waals surface area contributed by atoms with Gasteiger partial charge in [0, 0.05) is 12.0 Å². The van der Waals surface area contributed by atoms with Crippen molar-refractivity contribution < 1.29 is 37.4 Å². The van der Waals surface area contributed by atoms with Crippen molar-refractivity contribution in [2.75, 3.05) is 6.61 Å². The Morgan fingerprint density at radius 2 is 1.60 bits per heavy atom. The number of fused-ring (bicyclic) bond motifs is 3. The minimum Gasteiger partial charge on any atom is -0.480 e. The lowest BCUT2D eigenvalue weighted by atomic mass is 9.98. The van der Waals surface area contributed by atoms with Crippen LogP contribution in [0.2, 0.25) is 0 Å². The van der Waals surface area contributed by atoms with Gasteiger partial charge in [-0.05, 0) is 35.1 Å². The Labute approximate surface area is 199 Å². The van der Waals surface area contributed by atoms with Gasteiger partial charge in [-0.2, -0.15) is 13.2 Å². The van der Waals surface area contributed by atoms with Crippen molar-refractivity contribution in [3.63, 3.8) is 0 Å². The van der Waals surface area contributed by atoms with E-state index in [1.165, 1.54) is 0 Å². The summed E-state index contributed by atoms with van der Waals surface area (Å²) >= 11 is 0. The van der Waals surface area contributed by atoms with Gasteiger partial charge in [-0.1, -0.05) is 55.0 Å². The fraction of sp³-hybridized carbons (Fsp3) is 0.400. The highest BCUT2D eigenvalue weighted by Gasteiger charge is 2.40. The van der Waals surface area contributed by atoms with Crippen molar-refractivity contribution in [3.8, 4) is 11.1 Å². The first-order chi connectivity index (χ1) is 16.6. The van der Waals surface area contributed by atoms with Gasteiger partial charge in [0.15, 0.2) is 0 Å². The first-order valence-corrected chi connectivity index (χ1v) is 11.4. The van der Waals surface area contributed by atoms with Gasteiger partial charge in [0.2, 0.25) is 5.91 Å². The van der Waals surface area contributed by atoms with Crippen LogP contribution < -0.4 is 10.6 Å². The Morgan fingerprint density at radius 3 is 2.17 bits per heavy atom. The molecule has 0 aromatic heterocycles. The van der Waals surface area contributed by atoms with Gasteiger partial charge in [0.1, 0.15) is 12.6 Å². The van der Waals surface area contributed by atoms with Crippen LogP contribution in [0.1, 0.15) is 42.7 Å². The molecule has 2 aliphatic carbocycles. The van der Waals surface area contributed by atoms with Crippen molar-refractivity contribution in [3.05, 3.63) is 59.7 Å². The number of halogens is 3. The smallest absolute Gasteiger partial charge is 0.407 e. The average Bonchev–Trinajstić information content (AvgIpc) is 3.39. The molecule has 2 aromatic carbocycles. The molecule has 3 atom stereocenters. The molecule has 10 heteroatoms. The number of aliphatic carboxylic acids is 1. The summed E-state index contributed by atoms with van der Waals surface area (Å²) < 4.78 is 43.4. The molecule has 0 radical (unpaired) electrons. The SMILES string of the molecule is O=C(N[C@H]1CCC[C@H]1C(=O)NC(CC(F)(F)F)C(=O)O)OCC1c2ccccc2-c2ccccc21. The van der Waals surface area contributed by atoms with E-state index < -0.39 is 48.6 Å². The summed E-state index contributed by atoms with van der Waals surface area (Å²) in [6, 6.07) is 13.0. The second kappa shape index (κ2) is 9.97. The predicted octanol–water partition coefficient (Wildman–Crippen LogP) is 4.22. The van der Waals surface area contributed by atoms with Crippen LogP contribution in [-0.2, 0) is 14.3 Å². The van der Waals surface area contributed by atoms with E-state index in [0.717, 1.165) is 22.3 Å². The molecule has 1 saturated carbocycles. The molecule has 4 rings (SSSR count). The monoisotopic (exact) mass is 490 g/mol. The normalized spacial score (nSPS) is 20.0.